The lowest BCUT2D eigenvalue weighted by Gasteiger charge is -2.35. The summed E-state index contributed by atoms with van der Waals surface area (Å²) in [7, 11) is 1.40. The predicted octanol–water partition coefficient (Wildman–Crippen LogP) is 0.953. The minimum absolute atomic E-state index is 0.0293. The van der Waals surface area contributed by atoms with Gasteiger partial charge in [-0.05, 0) is 27.2 Å². The SMILES string of the molecule is COC(=O)N1C(C)CC(N)C1(C)C. The van der Waals surface area contributed by atoms with Gasteiger partial charge < -0.3 is 10.5 Å². The number of nitrogens with two attached hydrogens (primary N) is 1. The highest BCUT2D eigenvalue weighted by atomic mass is 16.5. The second kappa shape index (κ2) is 3.18. The molecule has 1 aliphatic rings. The largest absolute Gasteiger partial charge is 0.453 e. The first-order chi connectivity index (χ1) is 5.91. The summed E-state index contributed by atoms with van der Waals surface area (Å²) in [6.45, 7) is 5.93. The maximum Gasteiger partial charge on any atom is 0.410 e. The van der Waals surface area contributed by atoms with E-state index in [-0.39, 0.29) is 23.7 Å². The van der Waals surface area contributed by atoms with Gasteiger partial charge in [-0.1, -0.05) is 0 Å². The van der Waals surface area contributed by atoms with Crippen LogP contribution in [-0.4, -0.2) is 35.7 Å². The van der Waals surface area contributed by atoms with Gasteiger partial charge in [-0.15, -0.1) is 0 Å². The lowest BCUT2D eigenvalue weighted by atomic mass is 9.97. The third-order valence-electron chi connectivity index (χ3n) is 2.94. The number of hydrogen-bond acceptors (Lipinski definition) is 3. The smallest absolute Gasteiger partial charge is 0.410 e. The van der Waals surface area contributed by atoms with E-state index in [4.69, 9.17) is 10.5 Å². The molecule has 0 radical (unpaired) electrons. The van der Waals surface area contributed by atoms with Crippen molar-refractivity contribution in [2.45, 2.75) is 44.8 Å². The fourth-order valence-electron chi connectivity index (χ4n) is 2.02. The number of methoxy groups -OCH3 is 1. The molecule has 0 aliphatic carbocycles. The van der Waals surface area contributed by atoms with Crippen LogP contribution in [0.3, 0.4) is 0 Å². The zero-order valence-electron chi connectivity index (χ0n) is 8.70. The third-order valence-corrected chi connectivity index (χ3v) is 2.94. The minimum Gasteiger partial charge on any atom is -0.453 e. The molecule has 1 saturated heterocycles. The number of carbonyl (C=O) groups excluding carboxylic acids is 1. The van der Waals surface area contributed by atoms with Crippen molar-refractivity contribution in [3.8, 4) is 0 Å². The van der Waals surface area contributed by atoms with Crippen molar-refractivity contribution in [1.29, 1.82) is 0 Å². The predicted molar refractivity (Wildman–Crippen MR) is 50.4 cm³/mol. The Balaban J connectivity index is 2.88. The number of rotatable bonds is 0. The van der Waals surface area contributed by atoms with Crippen LogP contribution in [0.1, 0.15) is 27.2 Å². The monoisotopic (exact) mass is 186 g/mol. The van der Waals surface area contributed by atoms with Gasteiger partial charge >= 0.3 is 6.09 Å². The molecule has 1 amide bonds. The summed E-state index contributed by atoms with van der Waals surface area (Å²) in [6.07, 6.45) is 0.549. The lowest BCUT2D eigenvalue weighted by molar-refractivity contribution is 0.0800. The van der Waals surface area contributed by atoms with E-state index < -0.39 is 0 Å². The average molecular weight is 186 g/mol. The number of ether oxygens (including phenoxy) is 1. The molecule has 0 aromatic carbocycles. The summed E-state index contributed by atoms with van der Waals surface area (Å²) in [5, 5.41) is 0. The Labute approximate surface area is 79.0 Å². The van der Waals surface area contributed by atoms with Crippen molar-refractivity contribution in [3.05, 3.63) is 0 Å². The summed E-state index contributed by atoms with van der Waals surface area (Å²) in [4.78, 5) is 13.2. The van der Waals surface area contributed by atoms with Crippen LogP contribution in [0.4, 0.5) is 4.79 Å². The van der Waals surface area contributed by atoms with Crippen molar-refractivity contribution in [3.63, 3.8) is 0 Å². The normalized spacial score (nSPS) is 31.9. The molecule has 4 nitrogen and oxygen atoms in total. The molecule has 0 saturated carbocycles. The molecule has 0 bridgehead atoms. The number of likely N-dealkylation sites (tertiary alicyclic amines) is 1. The van der Waals surface area contributed by atoms with E-state index in [1.54, 1.807) is 4.90 Å². The number of nitrogens with zero attached hydrogens (tertiary/aromatic N) is 1. The van der Waals surface area contributed by atoms with E-state index in [0.717, 1.165) is 6.42 Å². The Morgan fingerprint density at radius 1 is 1.62 bits per heavy atom. The molecular formula is C9H18N2O2. The molecule has 1 heterocycles. The van der Waals surface area contributed by atoms with Gasteiger partial charge in [0.1, 0.15) is 0 Å². The first-order valence-electron chi connectivity index (χ1n) is 4.54. The number of hydrogen-bond donors (Lipinski definition) is 1. The highest BCUT2D eigenvalue weighted by Gasteiger charge is 2.46. The van der Waals surface area contributed by atoms with Crippen molar-refractivity contribution in [2.75, 3.05) is 7.11 Å². The summed E-state index contributed by atoms with van der Waals surface area (Å²) in [5.41, 5.74) is 5.64. The van der Waals surface area contributed by atoms with Crippen LogP contribution in [0.2, 0.25) is 0 Å². The highest BCUT2D eigenvalue weighted by Crippen LogP contribution is 2.32. The van der Waals surface area contributed by atoms with Gasteiger partial charge in [-0.2, -0.15) is 0 Å². The van der Waals surface area contributed by atoms with Gasteiger partial charge in [0, 0.05) is 12.1 Å². The zero-order valence-corrected chi connectivity index (χ0v) is 8.70. The van der Waals surface area contributed by atoms with E-state index in [9.17, 15) is 4.79 Å². The van der Waals surface area contributed by atoms with Crippen LogP contribution in [-0.2, 0) is 4.74 Å². The van der Waals surface area contributed by atoms with Gasteiger partial charge in [0.2, 0.25) is 0 Å². The van der Waals surface area contributed by atoms with E-state index >= 15 is 0 Å². The Morgan fingerprint density at radius 2 is 2.15 bits per heavy atom. The van der Waals surface area contributed by atoms with Crippen molar-refractivity contribution in [2.24, 2.45) is 5.73 Å². The number of amides is 1. The zero-order chi connectivity index (χ0) is 10.2. The molecule has 1 rings (SSSR count). The third kappa shape index (κ3) is 1.50. The molecule has 2 unspecified atom stereocenters. The fraction of sp³-hybridized carbons (Fsp3) is 0.889. The van der Waals surface area contributed by atoms with E-state index in [2.05, 4.69) is 0 Å². The summed E-state index contributed by atoms with van der Waals surface area (Å²) >= 11 is 0. The Kier molecular flexibility index (Phi) is 2.52. The number of carbonyl (C=O) groups is 1. The Morgan fingerprint density at radius 3 is 2.46 bits per heavy atom. The van der Waals surface area contributed by atoms with Gasteiger partial charge in [0.15, 0.2) is 0 Å². The minimum atomic E-state index is -0.299. The molecule has 4 heteroatoms. The second-order valence-electron chi connectivity index (χ2n) is 4.18. The van der Waals surface area contributed by atoms with E-state index in [1.807, 2.05) is 20.8 Å². The van der Waals surface area contributed by atoms with Gasteiger partial charge in [-0.3, -0.25) is 4.90 Å². The van der Waals surface area contributed by atoms with Crippen molar-refractivity contribution >= 4 is 6.09 Å². The molecule has 13 heavy (non-hydrogen) atoms. The molecule has 76 valence electrons. The summed E-state index contributed by atoms with van der Waals surface area (Å²) < 4.78 is 4.72. The summed E-state index contributed by atoms with van der Waals surface area (Å²) in [6, 6.07) is 0.194. The second-order valence-corrected chi connectivity index (χ2v) is 4.18. The fourth-order valence-corrected chi connectivity index (χ4v) is 2.02. The van der Waals surface area contributed by atoms with Gasteiger partial charge in [0.05, 0.1) is 12.6 Å². The average Bonchev–Trinajstić information content (AvgIpc) is 2.21. The molecule has 0 aromatic rings. The van der Waals surface area contributed by atoms with Gasteiger partial charge in [-0.25, -0.2) is 4.79 Å². The maximum atomic E-state index is 11.4. The van der Waals surface area contributed by atoms with Crippen LogP contribution in [0.25, 0.3) is 0 Å². The molecule has 1 aliphatic heterocycles. The highest BCUT2D eigenvalue weighted by molar-refractivity contribution is 5.69. The molecule has 0 spiro atoms. The van der Waals surface area contributed by atoms with Crippen molar-refractivity contribution < 1.29 is 9.53 Å². The lowest BCUT2D eigenvalue weighted by Crippen LogP contribution is -2.52. The first-order valence-corrected chi connectivity index (χ1v) is 4.54. The Hall–Kier alpha value is -0.770. The van der Waals surface area contributed by atoms with Crippen molar-refractivity contribution in [1.82, 2.24) is 4.90 Å². The summed E-state index contributed by atoms with van der Waals surface area (Å²) in [5.74, 6) is 0. The first kappa shape index (κ1) is 10.3. The van der Waals surface area contributed by atoms with E-state index in [0.29, 0.717) is 0 Å². The molecule has 2 atom stereocenters. The molecule has 1 fully saturated rings. The quantitative estimate of drug-likeness (QED) is 0.613. The van der Waals surface area contributed by atoms with Crippen LogP contribution in [0.15, 0.2) is 0 Å². The molecule has 2 N–H and O–H groups in total. The van der Waals surface area contributed by atoms with Crippen LogP contribution in [0.5, 0.6) is 0 Å². The molecule has 0 aromatic heterocycles. The standard InChI is InChI=1S/C9H18N2O2/c1-6-5-7(10)9(2,3)11(6)8(12)13-4/h6-7H,5,10H2,1-4H3. The van der Waals surface area contributed by atoms with E-state index in [1.165, 1.54) is 7.11 Å². The Bertz CT molecular complexity index is 216. The van der Waals surface area contributed by atoms with Crippen LogP contribution < -0.4 is 5.73 Å². The molecular weight excluding hydrogens is 168 g/mol. The van der Waals surface area contributed by atoms with Gasteiger partial charge in [0.25, 0.3) is 0 Å². The van der Waals surface area contributed by atoms with Crippen LogP contribution in [0, 0.1) is 0 Å². The topological polar surface area (TPSA) is 55.6 Å². The maximum absolute atomic E-state index is 11.4. The van der Waals surface area contributed by atoms with Crippen LogP contribution >= 0.6 is 0 Å².